The van der Waals surface area contributed by atoms with Crippen molar-refractivity contribution in [2.45, 2.75) is 6.92 Å². The van der Waals surface area contributed by atoms with Gasteiger partial charge in [0.2, 0.25) is 5.43 Å². The number of fused-ring (bicyclic) bond motifs is 1. The zero-order valence-electron chi connectivity index (χ0n) is 12.4. The number of halogens is 1. The average Bonchev–Trinajstić information content (AvgIpc) is 2.56. The summed E-state index contributed by atoms with van der Waals surface area (Å²) < 4.78 is 18.4. The van der Waals surface area contributed by atoms with Gasteiger partial charge < -0.3 is 9.72 Å². The molecular formula is C18H14FNO3. The zero-order valence-corrected chi connectivity index (χ0v) is 12.4. The van der Waals surface area contributed by atoms with Crippen LogP contribution in [0.1, 0.15) is 22.8 Å². The fourth-order valence-corrected chi connectivity index (χ4v) is 2.38. The van der Waals surface area contributed by atoms with Gasteiger partial charge in [0.1, 0.15) is 11.6 Å². The van der Waals surface area contributed by atoms with Crippen molar-refractivity contribution < 1.29 is 13.9 Å². The van der Waals surface area contributed by atoms with Gasteiger partial charge >= 0.3 is 0 Å². The number of H-pyrrole nitrogens is 1. The van der Waals surface area contributed by atoms with Crippen molar-refractivity contribution in [2.75, 3.05) is 6.61 Å². The molecule has 3 rings (SSSR count). The molecule has 0 unspecified atom stereocenters. The summed E-state index contributed by atoms with van der Waals surface area (Å²) in [4.78, 5) is 28.0. The van der Waals surface area contributed by atoms with Crippen LogP contribution in [0.4, 0.5) is 4.39 Å². The number of rotatable bonds is 4. The Balaban J connectivity index is 2.10. The first kappa shape index (κ1) is 15.0. The lowest BCUT2D eigenvalue weighted by atomic mass is 10.0. The first-order chi connectivity index (χ1) is 11.1. The number of ketones is 1. The van der Waals surface area contributed by atoms with Gasteiger partial charge in [0.15, 0.2) is 5.78 Å². The van der Waals surface area contributed by atoms with Gasteiger partial charge in [-0.3, -0.25) is 9.59 Å². The average molecular weight is 311 g/mol. The number of benzene rings is 2. The third kappa shape index (κ3) is 2.85. The maximum atomic E-state index is 13.0. The Morgan fingerprint density at radius 1 is 1.17 bits per heavy atom. The predicted molar refractivity (Wildman–Crippen MR) is 85.6 cm³/mol. The van der Waals surface area contributed by atoms with E-state index in [0.717, 1.165) is 0 Å². The molecule has 3 aromatic rings. The monoisotopic (exact) mass is 311 g/mol. The number of aromatic nitrogens is 1. The molecule has 0 aliphatic carbocycles. The van der Waals surface area contributed by atoms with E-state index in [1.807, 2.05) is 6.92 Å². The fraction of sp³-hybridized carbons (Fsp3) is 0.111. The molecule has 2 aromatic carbocycles. The maximum Gasteiger partial charge on any atom is 0.200 e. The quantitative estimate of drug-likeness (QED) is 0.752. The van der Waals surface area contributed by atoms with E-state index in [4.69, 9.17) is 4.74 Å². The molecule has 0 saturated carbocycles. The van der Waals surface area contributed by atoms with Crippen molar-refractivity contribution in [3.05, 3.63) is 75.8 Å². The highest BCUT2D eigenvalue weighted by molar-refractivity contribution is 6.10. The van der Waals surface area contributed by atoms with Gasteiger partial charge in [0.25, 0.3) is 0 Å². The van der Waals surface area contributed by atoms with E-state index in [0.29, 0.717) is 23.3 Å². The SMILES string of the molecule is CCOc1ccc2[nH]cc(C(=O)c3ccc(F)cc3)c(=O)c2c1. The molecule has 0 radical (unpaired) electrons. The summed E-state index contributed by atoms with van der Waals surface area (Å²) in [6.07, 6.45) is 1.39. The van der Waals surface area contributed by atoms with Crippen molar-refractivity contribution in [2.24, 2.45) is 0 Å². The molecule has 23 heavy (non-hydrogen) atoms. The molecule has 1 aromatic heterocycles. The van der Waals surface area contributed by atoms with E-state index in [1.165, 1.54) is 30.5 Å². The van der Waals surface area contributed by atoms with Crippen LogP contribution in [0, 0.1) is 5.82 Å². The van der Waals surface area contributed by atoms with E-state index in [-0.39, 0.29) is 16.6 Å². The molecule has 0 fully saturated rings. The molecule has 0 spiro atoms. The second-order valence-corrected chi connectivity index (χ2v) is 5.01. The van der Waals surface area contributed by atoms with Crippen molar-refractivity contribution >= 4 is 16.7 Å². The van der Waals surface area contributed by atoms with Crippen molar-refractivity contribution in [1.82, 2.24) is 4.98 Å². The van der Waals surface area contributed by atoms with Gasteiger partial charge in [0.05, 0.1) is 12.2 Å². The number of hydrogen-bond donors (Lipinski definition) is 1. The summed E-state index contributed by atoms with van der Waals surface area (Å²) in [6.45, 7) is 2.33. The molecule has 5 heteroatoms. The summed E-state index contributed by atoms with van der Waals surface area (Å²) in [5.74, 6) is -0.317. The van der Waals surface area contributed by atoms with Gasteiger partial charge in [-0.05, 0) is 49.4 Å². The third-order valence-electron chi connectivity index (χ3n) is 3.51. The number of ether oxygens (including phenoxy) is 1. The van der Waals surface area contributed by atoms with Crippen LogP contribution in [0.5, 0.6) is 5.75 Å². The van der Waals surface area contributed by atoms with E-state index in [1.54, 1.807) is 18.2 Å². The zero-order chi connectivity index (χ0) is 16.4. The van der Waals surface area contributed by atoms with E-state index < -0.39 is 11.6 Å². The summed E-state index contributed by atoms with van der Waals surface area (Å²) in [5, 5.41) is 0.379. The van der Waals surface area contributed by atoms with Crippen molar-refractivity contribution in [3.63, 3.8) is 0 Å². The molecule has 1 heterocycles. The molecule has 4 nitrogen and oxygen atoms in total. The van der Waals surface area contributed by atoms with Crippen molar-refractivity contribution in [1.29, 1.82) is 0 Å². The molecule has 1 N–H and O–H groups in total. The van der Waals surface area contributed by atoms with Gasteiger partial charge in [-0.1, -0.05) is 0 Å². The minimum absolute atomic E-state index is 0.0118. The molecule has 0 aliphatic heterocycles. The summed E-state index contributed by atoms with van der Waals surface area (Å²) in [6, 6.07) is 10.2. The van der Waals surface area contributed by atoms with Crippen LogP contribution in [0.15, 0.2) is 53.5 Å². The van der Waals surface area contributed by atoms with Crippen LogP contribution < -0.4 is 10.2 Å². The van der Waals surface area contributed by atoms with Crippen LogP contribution in [-0.2, 0) is 0 Å². The number of pyridine rings is 1. The largest absolute Gasteiger partial charge is 0.494 e. The molecule has 0 atom stereocenters. The molecule has 0 amide bonds. The maximum absolute atomic E-state index is 13.0. The molecule has 0 bridgehead atoms. The Morgan fingerprint density at radius 2 is 1.91 bits per heavy atom. The fourth-order valence-electron chi connectivity index (χ4n) is 2.38. The summed E-state index contributed by atoms with van der Waals surface area (Å²) in [5.41, 5.74) is 0.513. The highest BCUT2D eigenvalue weighted by Gasteiger charge is 2.15. The number of carbonyl (C=O) groups is 1. The minimum Gasteiger partial charge on any atom is -0.494 e. The van der Waals surface area contributed by atoms with Crippen LogP contribution >= 0.6 is 0 Å². The van der Waals surface area contributed by atoms with E-state index in [2.05, 4.69) is 4.98 Å². The number of hydrogen-bond acceptors (Lipinski definition) is 3. The van der Waals surface area contributed by atoms with Crippen LogP contribution in [0.25, 0.3) is 10.9 Å². The van der Waals surface area contributed by atoms with Crippen LogP contribution in [0.3, 0.4) is 0 Å². The van der Waals surface area contributed by atoms with Crippen LogP contribution in [0.2, 0.25) is 0 Å². The highest BCUT2D eigenvalue weighted by Crippen LogP contribution is 2.18. The van der Waals surface area contributed by atoms with Crippen molar-refractivity contribution in [3.8, 4) is 5.75 Å². The lowest BCUT2D eigenvalue weighted by Crippen LogP contribution is -2.16. The topological polar surface area (TPSA) is 59.2 Å². The highest BCUT2D eigenvalue weighted by atomic mass is 19.1. The second-order valence-electron chi connectivity index (χ2n) is 5.01. The third-order valence-corrected chi connectivity index (χ3v) is 3.51. The molecular weight excluding hydrogens is 297 g/mol. The number of carbonyl (C=O) groups excluding carboxylic acids is 1. The van der Waals surface area contributed by atoms with Gasteiger partial charge in [0, 0.05) is 22.7 Å². The Kier molecular flexibility index (Phi) is 3.93. The van der Waals surface area contributed by atoms with E-state index >= 15 is 0 Å². The first-order valence-electron chi connectivity index (χ1n) is 7.18. The Hall–Kier alpha value is -2.95. The van der Waals surface area contributed by atoms with E-state index in [9.17, 15) is 14.0 Å². The smallest absolute Gasteiger partial charge is 0.200 e. The summed E-state index contributed by atoms with van der Waals surface area (Å²) in [7, 11) is 0. The molecule has 0 aliphatic rings. The molecule has 116 valence electrons. The standard InChI is InChI=1S/C18H14FNO3/c1-2-23-13-7-8-16-14(9-13)18(22)15(10-20-16)17(21)11-3-5-12(19)6-4-11/h3-10H,2H2,1H3,(H,20,22). The number of aromatic amines is 1. The lowest BCUT2D eigenvalue weighted by molar-refractivity contribution is 0.103. The van der Waals surface area contributed by atoms with Gasteiger partial charge in [-0.15, -0.1) is 0 Å². The molecule has 0 saturated heterocycles. The minimum atomic E-state index is -0.449. The number of nitrogens with one attached hydrogen (secondary N) is 1. The Morgan fingerprint density at radius 3 is 2.61 bits per heavy atom. The first-order valence-corrected chi connectivity index (χ1v) is 7.18. The second kappa shape index (κ2) is 6.04. The lowest BCUT2D eigenvalue weighted by Gasteiger charge is -2.06. The predicted octanol–water partition coefficient (Wildman–Crippen LogP) is 3.30. The van der Waals surface area contributed by atoms with Gasteiger partial charge in [-0.25, -0.2) is 4.39 Å². The van der Waals surface area contributed by atoms with Gasteiger partial charge in [-0.2, -0.15) is 0 Å². The normalized spacial score (nSPS) is 10.7. The summed E-state index contributed by atoms with van der Waals surface area (Å²) >= 11 is 0. The Labute approximate surface area is 131 Å². The Bertz CT molecular complexity index is 929. The van der Waals surface area contributed by atoms with Crippen LogP contribution in [-0.4, -0.2) is 17.4 Å².